The quantitative estimate of drug-likeness (QED) is 0.156. The van der Waals surface area contributed by atoms with Crippen LogP contribution < -0.4 is 10.9 Å². The molecule has 4 aromatic rings. The number of nitrogens with one attached hydrogen (secondary N) is 1. The maximum Gasteiger partial charge on any atom is 0.416 e. The van der Waals surface area contributed by atoms with E-state index in [1.807, 2.05) is 0 Å². The molecule has 0 unspecified atom stereocenters. The Balaban J connectivity index is 1.89. The molecule has 3 aromatic carbocycles. The van der Waals surface area contributed by atoms with Crippen LogP contribution in [0.2, 0.25) is 0 Å². The number of nitrogens with zero attached hydrogens (tertiary/aromatic N) is 2. The zero-order valence-corrected chi connectivity index (χ0v) is 24.2. The monoisotopic (exact) mass is 607 g/mol. The van der Waals surface area contributed by atoms with Crippen molar-refractivity contribution in [3.8, 4) is 11.3 Å². The molecule has 0 aliphatic heterocycles. The molecule has 11 heteroatoms. The van der Waals surface area contributed by atoms with Crippen LogP contribution in [0.4, 0.5) is 23.4 Å². The number of hydrogen-bond donors (Lipinski definition) is 1. The lowest BCUT2D eigenvalue weighted by Crippen LogP contribution is -2.30. The zero-order chi connectivity index (χ0) is 32.2. The largest absolute Gasteiger partial charge is 0.416 e. The third-order valence-electron chi connectivity index (χ3n) is 7.19. The van der Waals surface area contributed by atoms with Gasteiger partial charge >= 0.3 is 6.18 Å². The SMILES string of the molecule is CCC(=O)c1cccc(-c2cnc(NC(=O)[C@H](C)CC)c(=O)n2Cc2cc(C(=O)c3ccc(F)cc3)cc(C(F)(F)F)c2)c1. The predicted molar refractivity (Wildman–Crippen MR) is 157 cm³/mol. The fourth-order valence-electron chi connectivity index (χ4n) is 4.47. The molecule has 1 atom stereocenters. The summed E-state index contributed by atoms with van der Waals surface area (Å²) < 4.78 is 56.5. The Morgan fingerprint density at radius 2 is 1.64 bits per heavy atom. The predicted octanol–water partition coefficient (Wildman–Crippen LogP) is 6.92. The van der Waals surface area contributed by atoms with E-state index in [0.717, 1.165) is 22.8 Å². The number of rotatable bonds is 10. The summed E-state index contributed by atoms with van der Waals surface area (Å²) in [6.07, 6.45) is -2.82. The Hall–Kier alpha value is -4.93. The maximum absolute atomic E-state index is 14.0. The Morgan fingerprint density at radius 3 is 2.27 bits per heavy atom. The molecule has 1 aromatic heterocycles. The number of benzene rings is 3. The number of halogens is 4. The van der Waals surface area contributed by atoms with Crippen LogP contribution in [0.3, 0.4) is 0 Å². The first kappa shape index (κ1) is 32.0. The number of alkyl halides is 3. The molecule has 1 heterocycles. The molecular weight excluding hydrogens is 578 g/mol. The highest BCUT2D eigenvalue weighted by Gasteiger charge is 2.32. The third-order valence-corrected chi connectivity index (χ3v) is 7.19. The molecule has 0 radical (unpaired) electrons. The molecule has 44 heavy (non-hydrogen) atoms. The van der Waals surface area contributed by atoms with Crippen LogP contribution >= 0.6 is 0 Å². The average molecular weight is 608 g/mol. The summed E-state index contributed by atoms with van der Waals surface area (Å²) >= 11 is 0. The minimum Gasteiger partial charge on any atom is -0.306 e. The minimum atomic E-state index is -4.83. The van der Waals surface area contributed by atoms with Crippen LogP contribution in [0.5, 0.6) is 0 Å². The second-order valence-corrected chi connectivity index (χ2v) is 10.3. The van der Waals surface area contributed by atoms with Crippen molar-refractivity contribution in [2.75, 3.05) is 5.32 Å². The van der Waals surface area contributed by atoms with E-state index in [-0.39, 0.29) is 40.4 Å². The van der Waals surface area contributed by atoms with E-state index in [2.05, 4.69) is 10.3 Å². The zero-order valence-electron chi connectivity index (χ0n) is 24.2. The number of anilines is 1. The van der Waals surface area contributed by atoms with Gasteiger partial charge in [-0.1, -0.05) is 39.0 Å². The van der Waals surface area contributed by atoms with Crippen molar-refractivity contribution in [2.24, 2.45) is 5.92 Å². The molecule has 1 N–H and O–H groups in total. The average Bonchev–Trinajstić information content (AvgIpc) is 3.01. The van der Waals surface area contributed by atoms with Crippen LogP contribution in [-0.2, 0) is 17.5 Å². The molecule has 228 valence electrons. The second-order valence-electron chi connectivity index (χ2n) is 10.3. The maximum atomic E-state index is 14.0. The van der Waals surface area contributed by atoms with Gasteiger partial charge in [-0.25, -0.2) is 9.37 Å². The Morgan fingerprint density at radius 1 is 0.932 bits per heavy atom. The second kappa shape index (κ2) is 13.2. The fourth-order valence-corrected chi connectivity index (χ4v) is 4.47. The number of carbonyl (C=O) groups is 3. The van der Waals surface area contributed by atoms with E-state index >= 15 is 0 Å². The third kappa shape index (κ3) is 7.16. The molecule has 7 nitrogen and oxygen atoms in total. The van der Waals surface area contributed by atoms with Gasteiger partial charge in [-0.2, -0.15) is 13.2 Å². The van der Waals surface area contributed by atoms with Gasteiger partial charge in [-0.15, -0.1) is 0 Å². The first-order valence-electron chi connectivity index (χ1n) is 13.9. The highest BCUT2D eigenvalue weighted by Crippen LogP contribution is 2.32. The van der Waals surface area contributed by atoms with Gasteiger partial charge in [0.05, 0.1) is 24.0 Å². The summed E-state index contributed by atoms with van der Waals surface area (Å²) in [7, 11) is 0. The molecule has 0 saturated carbocycles. The summed E-state index contributed by atoms with van der Waals surface area (Å²) in [6.45, 7) is 4.71. The number of carbonyl (C=O) groups excluding carboxylic acids is 3. The van der Waals surface area contributed by atoms with Gasteiger partial charge in [0.15, 0.2) is 17.4 Å². The number of amides is 1. The van der Waals surface area contributed by atoms with Crippen molar-refractivity contribution < 1.29 is 31.9 Å². The minimum absolute atomic E-state index is 0.0223. The lowest BCUT2D eigenvalue weighted by Gasteiger charge is -2.18. The first-order chi connectivity index (χ1) is 20.8. The summed E-state index contributed by atoms with van der Waals surface area (Å²) in [6, 6.07) is 13.5. The molecular formula is C33H29F4N3O4. The molecule has 0 saturated heterocycles. The molecule has 0 aliphatic rings. The summed E-state index contributed by atoms with van der Waals surface area (Å²) in [5.74, 6) is -2.77. The highest BCUT2D eigenvalue weighted by molar-refractivity contribution is 6.09. The molecule has 0 fully saturated rings. The number of hydrogen-bond acceptors (Lipinski definition) is 5. The smallest absolute Gasteiger partial charge is 0.306 e. The van der Waals surface area contributed by atoms with Gasteiger partial charge in [-0.05, 0) is 60.5 Å². The van der Waals surface area contributed by atoms with Crippen molar-refractivity contribution in [2.45, 2.75) is 46.3 Å². The van der Waals surface area contributed by atoms with Crippen LogP contribution in [0, 0.1) is 11.7 Å². The van der Waals surface area contributed by atoms with Gasteiger partial charge < -0.3 is 5.32 Å². The molecule has 4 rings (SSSR count). The lowest BCUT2D eigenvalue weighted by molar-refractivity contribution is -0.137. The van der Waals surface area contributed by atoms with E-state index in [0.29, 0.717) is 23.6 Å². The molecule has 0 aliphatic carbocycles. The van der Waals surface area contributed by atoms with Crippen LogP contribution in [0.25, 0.3) is 11.3 Å². The van der Waals surface area contributed by atoms with E-state index in [1.54, 1.807) is 45.0 Å². The van der Waals surface area contributed by atoms with Crippen molar-refractivity contribution in [3.05, 3.63) is 117 Å². The summed E-state index contributed by atoms with van der Waals surface area (Å²) in [5, 5.41) is 2.49. The normalized spacial score (nSPS) is 12.1. The molecule has 1 amide bonds. The van der Waals surface area contributed by atoms with E-state index in [4.69, 9.17) is 0 Å². The van der Waals surface area contributed by atoms with Gasteiger partial charge in [0.1, 0.15) is 5.82 Å². The molecule has 0 bridgehead atoms. The standard InChI is InChI=1S/C33H29F4N3O4/c1-4-19(3)31(43)39-30-32(44)40(27(17-38-30)22-7-6-8-23(15-22)28(41)5-2)18-20-13-24(16-25(14-20)33(35,36)37)29(42)21-9-11-26(34)12-10-21/h6-17,19H,4-5,18H2,1-3H3,(H,38,39,43)/t19-/m1/s1. The van der Waals surface area contributed by atoms with Gasteiger partial charge in [0.2, 0.25) is 5.91 Å². The summed E-state index contributed by atoms with van der Waals surface area (Å²) in [4.78, 5) is 56.0. The number of Topliss-reactive ketones (excluding diaryl/α,β-unsaturated/α-hetero) is 1. The highest BCUT2D eigenvalue weighted by atomic mass is 19.4. The van der Waals surface area contributed by atoms with Gasteiger partial charge in [0, 0.05) is 34.6 Å². The van der Waals surface area contributed by atoms with Crippen molar-refractivity contribution in [1.29, 1.82) is 0 Å². The fraction of sp³-hybridized carbons (Fsp3) is 0.242. The number of aromatic nitrogens is 2. The van der Waals surface area contributed by atoms with Crippen LogP contribution in [0.15, 0.2) is 77.7 Å². The van der Waals surface area contributed by atoms with E-state index in [9.17, 15) is 36.7 Å². The van der Waals surface area contributed by atoms with Gasteiger partial charge in [-0.3, -0.25) is 23.7 Å². The van der Waals surface area contributed by atoms with Crippen molar-refractivity contribution in [3.63, 3.8) is 0 Å². The van der Waals surface area contributed by atoms with Crippen LogP contribution in [-0.4, -0.2) is 27.0 Å². The van der Waals surface area contributed by atoms with E-state index < -0.39 is 47.3 Å². The Kier molecular flexibility index (Phi) is 9.56. The Bertz CT molecular complexity index is 1780. The van der Waals surface area contributed by atoms with Crippen molar-refractivity contribution in [1.82, 2.24) is 9.55 Å². The number of ketones is 2. The first-order valence-corrected chi connectivity index (χ1v) is 13.9. The van der Waals surface area contributed by atoms with Crippen molar-refractivity contribution >= 4 is 23.3 Å². The summed E-state index contributed by atoms with van der Waals surface area (Å²) in [5.41, 5.74) is -1.37. The van der Waals surface area contributed by atoms with Crippen LogP contribution in [0.1, 0.15) is 71.0 Å². The van der Waals surface area contributed by atoms with Gasteiger partial charge in [0.25, 0.3) is 5.56 Å². The van der Waals surface area contributed by atoms with E-state index in [1.165, 1.54) is 24.4 Å². The lowest BCUT2D eigenvalue weighted by atomic mass is 9.98. The topological polar surface area (TPSA) is 98.1 Å². The molecule has 0 spiro atoms. The Labute approximate surface area is 250 Å².